The lowest BCUT2D eigenvalue weighted by Gasteiger charge is -2.14. The van der Waals surface area contributed by atoms with Crippen molar-refractivity contribution in [2.24, 2.45) is 0 Å². The first-order valence-electron chi connectivity index (χ1n) is 7.66. The van der Waals surface area contributed by atoms with Gasteiger partial charge in [-0.25, -0.2) is 4.98 Å². The van der Waals surface area contributed by atoms with E-state index in [1.54, 1.807) is 0 Å². The van der Waals surface area contributed by atoms with Gasteiger partial charge in [0.25, 0.3) is 5.91 Å². The fourth-order valence-electron chi connectivity index (χ4n) is 2.84. The predicted molar refractivity (Wildman–Crippen MR) is 88.5 cm³/mol. The molecule has 0 aliphatic carbocycles. The molecule has 0 saturated carbocycles. The minimum Gasteiger partial charge on any atom is -0.372 e. The fraction of sp³-hybridized carbons (Fsp3) is 0.222. The van der Waals surface area contributed by atoms with Gasteiger partial charge in [0.1, 0.15) is 12.4 Å². The molecule has 0 saturated heterocycles. The van der Waals surface area contributed by atoms with Crippen molar-refractivity contribution in [3.63, 3.8) is 0 Å². The Bertz CT molecular complexity index is 881. The number of rotatable bonds is 2. The van der Waals surface area contributed by atoms with Crippen LogP contribution < -0.4 is 5.32 Å². The van der Waals surface area contributed by atoms with Crippen molar-refractivity contribution in [1.82, 2.24) is 9.55 Å². The topological polar surface area (TPSA) is 56.2 Å². The monoisotopic (exact) mass is 307 g/mol. The van der Waals surface area contributed by atoms with E-state index in [1.807, 2.05) is 49.4 Å². The highest BCUT2D eigenvalue weighted by Crippen LogP contribution is 2.23. The molecule has 1 aliphatic rings. The summed E-state index contributed by atoms with van der Waals surface area (Å²) in [5, 5.41) is 2.93. The molecular formula is C18H17N3O2. The lowest BCUT2D eigenvalue weighted by atomic mass is 10.1. The maximum Gasteiger partial charge on any atom is 0.255 e. The molecule has 23 heavy (non-hydrogen) atoms. The third kappa shape index (κ3) is 2.59. The Morgan fingerprint density at radius 1 is 1.22 bits per heavy atom. The molecule has 1 aliphatic heterocycles. The number of benzene rings is 2. The van der Waals surface area contributed by atoms with Crippen molar-refractivity contribution in [2.45, 2.75) is 20.1 Å². The second-order valence-electron chi connectivity index (χ2n) is 5.76. The number of nitrogens with zero attached hydrogens (tertiary/aromatic N) is 2. The number of hydrogen-bond acceptors (Lipinski definition) is 3. The number of aryl methyl sites for hydroxylation is 1. The number of imidazole rings is 1. The van der Waals surface area contributed by atoms with Gasteiger partial charge in [-0.05, 0) is 37.3 Å². The SMILES string of the molecule is Cc1ccc(C(=O)Nc2ccc3c(c2)nc2n3CCOC2)cc1. The summed E-state index contributed by atoms with van der Waals surface area (Å²) in [7, 11) is 0. The van der Waals surface area contributed by atoms with Crippen LogP contribution in [0.1, 0.15) is 21.7 Å². The summed E-state index contributed by atoms with van der Waals surface area (Å²) < 4.78 is 7.61. The number of carbonyl (C=O) groups is 1. The van der Waals surface area contributed by atoms with Crippen molar-refractivity contribution >= 4 is 22.6 Å². The Balaban J connectivity index is 1.62. The van der Waals surface area contributed by atoms with Gasteiger partial charge in [-0.2, -0.15) is 0 Å². The van der Waals surface area contributed by atoms with E-state index in [-0.39, 0.29) is 5.91 Å². The minimum atomic E-state index is -0.114. The number of nitrogens with one attached hydrogen (secondary N) is 1. The minimum absolute atomic E-state index is 0.114. The van der Waals surface area contributed by atoms with E-state index in [9.17, 15) is 4.79 Å². The zero-order valence-corrected chi connectivity index (χ0v) is 12.9. The molecule has 0 bridgehead atoms. The summed E-state index contributed by atoms with van der Waals surface area (Å²) in [6.45, 7) is 4.07. The molecule has 0 radical (unpaired) electrons. The standard InChI is InChI=1S/C18H17N3O2/c1-12-2-4-13(5-3-12)18(22)19-14-6-7-16-15(10-14)20-17-11-23-9-8-21(16)17/h2-7,10H,8-9,11H2,1H3,(H,19,22). The predicted octanol–water partition coefficient (Wildman–Crippen LogP) is 3.13. The molecule has 0 unspecified atom stereocenters. The van der Waals surface area contributed by atoms with Gasteiger partial charge in [-0.3, -0.25) is 4.79 Å². The Kier molecular flexibility index (Phi) is 3.35. The number of anilines is 1. The molecule has 0 fully saturated rings. The number of amides is 1. The highest BCUT2D eigenvalue weighted by molar-refractivity contribution is 6.05. The number of fused-ring (bicyclic) bond motifs is 3. The Labute approximate surface area is 133 Å². The molecule has 1 aromatic heterocycles. The third-order valence-corrected chi connectivity index (χ3v) is 4.09. The van der Waals surface area contributed by atoms with Gasteiger partial charge in [-0.1, -0.05) is 17.7 Å². The van der Waals surface area contributed by atoms with Crippen molar-refractivity contribution < 1.29 is 9.53 Å². The molecule has 2 aromatic carbocycles. The van der Waals surface area contributed by atoms with Crippen LogP contribution in [0.25, 0.3) is 11.0 Å². The van der Waals surface area contributed by atoms with Crippen molar-refractivity contribution in [1.29, 1.82) is 0 Å². The van der Waals surface area contributed by atoms with Crippen LogP contribution >= 0.6 is 0 Å². The van der Waals surface area contributed by atoms with E-state index in [0.29, 0.717) is 18.8 Å². The maximum absolute atomic E-state index is 12.3. The molecule has 0 atom stereocenters. The average Bonchev–Trinajstić information content (AvgIpc) is 2.93. The zero-order chi connectivity index (χ0) is 15.8. The smallest absolute Gasteiger partial charge is 0.255 e. The van der Waals surface area contributed by atoms with E-state index < -0.39 is 0 Å². The van der Waals surface area contributed by atoms with E-state index >= 15 is 0 Å². The molecule has 116 valence electrons. The molecular weight excluding hydrogens is 290 g/mol. The highest BCUT2D eigenvalue weighted by atomic mass is 16.5. The van der Waals surface area contributed by atoms with Crippen LogP contribution in [0, 0.1) is 6.92 Å². The van der Waals surface area contributed by atoms with Gasteiger partial charge < -0.3 is 14.6 Å². The molecule has 5 nitrogen and oxygen atoms in total. The summed E-state index contributed by atoms with van der Waals surface area (Å²) in [6.07, 6.45) is 0. The van der Waals surface area contributed by atoms with Gasteiger partial charge in [0.2, 0.25) is 0 Å². The van der Waals surface area contributed by atoms with Crippen LogP contribution in [0.5, 0.6) is 0 Å². The largest absolute Gasteiger partial charge is 0.372 e. The summed E-state index contributed by atoms with van der Waals surface area (Å²) in [4.78, 5) is 16.9. The normalized spacial score (nSPS) is 13.8. The quantitative estimate of drug-likeness (QED) is 0.791. The third-order valence-electron chi connectivity index (χ3n) is 4.09. The number of carbonyl (C=O) groups excluding carboxylic acids is 1. The van der Waals surface area contributed by atoms with Gasteiger partial charge >= 0.3 is 0 Å². The fourth-order valence-corrected chi connectivity index (χ4v) is 2.84. The average molecular weight is 307 g/mol. The summed E-state index contributed by atoms with van der Waals surface area (Å²) in [6, 6.07) is 13.3. The molecule has 3 aromatic rings. The Hall–Kier alpha value is -2.66. The number of ether oxygens (including phenoxy) is 1. The first-order valence-corrected chi connectivity index (χ1v) is 7.66. The second-order valence-corrected chi connectivity index (χ2v) is 5.76. The van der Waals surface area contributed by atoms with Crippen LogP contribution in [0.2, 0.25) is 0 Å². The molecule has 4 rings (SSSR count). The van der Waals surface area contributed by atoms with Crippen LogP contribution in [0.3, 0.4) is 0 Å². The molecule has 1 amide bonds. The summed E-state index contributed by atoms with van der Waals surface area (Å²) >= 11 is 0. The van der Waals surface area contributed by atoms with Crippen LogP contribution in [-0.4, -0.2) is 22.1 Å². The second kappa shape index (κ2) is 5.52. The lowest BCUT2D eigenvalue weighted by molar-refractivity contribution is 0.0830. The summed E-state index contributed by atoms with van der Waals surface area (Å²) in [5.74, 6) is 0.824. The van der Waals surface area contributed by atoms with E-state index in [1.165, 1.54) is 0 Å². The van der Waals surface area contributed by atoms with E-state index in [0.717, 1.165) is 34.7 Å². The highest BCUT2D eigenvalue weighted by Gasteiger charge is 2.15. The first kappa shape index (κ1) is 14.0. The maximum atomic E-state index is 12.3. The Morgan fingerprint density at radius 2 is 2.04 bits per heavy atom. The van der Waals surface area contributed by atoms with Gasteiger partial charge in [0, 0.05) is 17.8 Å². The van der Waals surface area contributed by atoms with Gasteiger partial charge in [0.15, 0.2) is 0 Å². The molecule has 1 N–H and O–H groups in total. The van der Waals surface area contributed by atoms with Crippen molar-refractivity contribution in [3.8, 4) is 0 Å². The Morgan fingerprint density at radius 3 is 2.87 bits per heavy atom. The molecule has 2 heterocycles. The van der Waals surface area contributed by atoms with Gasteiger partial charge in [-0.15, -0.1) is 0 Å². The van der Waals surface area contributed by atoms with E-state index in [4.69, 9.17) is 4.74 Å². The van der Waals surface area contributed by atoms with Crippen LogP contribution in [0.15, 0.2) is 42.5 Å². The van der Waals surface area contributed by atoms with Crippen molar-refractivity contribution in [3.05, 3.63) is 59.4 Å². The first-order chi connectivity index (χ1) is 11.2. The van der Waals surface area contributed by atoms with Crippen LogP contribution in [0.4, 0.5) is 5.69 Å². The summed E-state index contributed by atoms with van der Waals surface area (Å²) in [5.41, 5.74) is 4.49. The molecule has 5 heteroatoms. The lowest BCUT2D eigenvalue weighted by Crippen LogP contribution is -2.16. The van der Waals surface area contributed by atoms with Crippen molar-refractivity contribution in [2.75, 3.05) is 11.9 Å². The number of aromatic nitrogens is 2. The number of hydrogen-bond donors (Lipinski definition) is 1. The van der Waals surface area contributed by atoms with Crippen LogP contribution in [-0.2, 0) is 17.9 Å². The van der Waals surface area contributed by atoms with E-state index in [2.05, 4.69) is 14.9 Å². The van der Waals surface area contributed by atoms with Gasteiger partial charge in [0.05, 0.1) is 17.6 Å². The zero-order valence-electron chi connectivity index (χ0n) is 12.9. The molecule has 0 spiro atoms.